The van der Waals surface area contributed by atoms with Gasteiger partial charge in [0.1, 0.15) is 6.07 Å². The molecule has 18 heavy (non-hydrogen) atoms. The van der Waals surface area contributed by atoms with Gasteiger partial charge in [-0.2, -0.15) is 5.26 Å². The highest BCUT2D eigenvalue weighted by Crippen LogP contribution is 2.43. The largest absolute Gasteiger partial charge is 0.447 e. The van der Waals surface area contributed by atoms with E-state index in [1.54, 1.807) is 6.66 Å². The first kappa shape index (κ1) is 17.2. The second kappa shape index (κ2) is 8.29. The van der Waals surface area contributed by atoms with Gasteiger partial charge in [-0.05, 0) is 12.3 Å². The Balaban J connectivity index is 4.05. The molecular formula is C12H22NO4P. The van der Waals surface area contributed by atoms with E-state index in [9.17, 15) is 9.36 Å². The van der Waals surface area contributed by atoms with E-state index in [0.29, 0.717) is 12.5 Å². The standard InChI is InChI=1S/C12H22NO4P/c1-10(2)5-7-16-18(4,15)8-6-12(9-13)17-11(3)14/h10,12H,5-8H2,1-4H3. The molecule has 0 radical (unpaired) electrons. The molecule has 6 heteroatoms. The Kier molecular flexibility index (Phi) is 7.90. The summed E-state index contributed by atoms with van der Waals surface area (Å²) in [6, 6.07) is 1.86. The third-order valence-electron chi connectivity index (χ3n) is 2.31. The number of esters is 1. The van der Waals surface area contributed by atoms with Gasteiger partial charge in [-0.3, -0.25) is 9.36 Å². The molecule has 2 unspecified atom stereocenters. The van der Waals surface area contributed by atoms with Crippen LogP contribution >= 0.6 is 7.37 Å². The number of hydrogen-bond acceptors (Lipinski definition) is 5. The fourth-order valence-corrected chi connectivity index (χ4v) is 2.57. The third kappa shape index (κ3) is 9.21. The van der Waals surface area contributed by atoms with Crippen molar-refractivity contribution < 1.29 is 18.6 Å². The molecule has 0 aromatic carbocycles. The van der Waals surface area contributed by atoms with E-state index < -0.39 is 19.4 Å². The van der Waals surface area contributed by atoms with Gasteiger partial charge in [0, 0.05) is 26.2 Å². The Hall–Kier alpha value is -0.850. The van der Waals surface area contributed by atoms with Crippen molar-refractivity contribution in [2.24, 2.45) is 5.92 Å². The Morgan fingerprint density at radius 2 is 2.00 bits per heavy atom. The van der Waals surface area contributed by atoms with Gasteiger partial charge in [0.15, 0.2) is 13.5 Å². The monoisotopic (exact) mass is 275 g/mol. The predicted molar refractivity (Wildman–Crippen MR) is 69.6 cm³/mol. The van der Waals surface area contributed by atoms with E-state index in [-0.39, 0.29) is 12.6 Å². The minimum Gasteiger partial charge on any atom is -0.447 e. The number of ether oxygens (including phenoxy) is 1. The van der Waals surface area contributed by atoms with Crippen molar-refractivity contribution >= 4 is 13.3 Å². The quantitative estimate of drug-likeness (QED) is 0.503. The lowest BCUT2D eigenvalue weighted by atomic mass is 10.2. The number of nitrogens with zero attached hydrogens (tertiary/aromatic N) is 1. The summed E-state index contributed by atoms with van der Waals surface area (Å²) in [7, 11) is -2.70. The summed E-state index contributed by atoms with van der Waals surface area (Å²) in [5.74, 6) is -0.00823. The maximum absolute atomic E-state index is 12.0. The summed E-state index contributed by atoms with van der Waals surface area (Å²) >= 11 is 0. The topological polar surface area (TPSA) is 76.4 Å². The van der Waals surface area contributed by atoms with E-state index in [2.05, 4.69) is 13.8 Å². The summed E-state index contributed by atoms with van der Waals surface area (Å²) in [5.41, 5.74) is 0. The molecule has 0 spiro atoms. The Morgan fingerprint density at radius 3 is 2.44 bits per heavy atom. The molecule has 5 nitrogen and oxygen atoms in total. The fraction of sp³-hybridized carbons (Fsp3) is 0.833. The van der Waals surface area contributed by atoms with Gasteiger partial charge in [0.2, 0.25) is 0 Å². The Morgan fingerprint density at radius 1 is 1.39 bits per heavy atom. The van der Waals surface area contributed by atoms with Crippen LogP contribution in [0.1, 0.15) is 33.6 Å². The molecule has 0 aromatic rings. The van der Waals surface area contributed by atoms with E-state index in [1.807, 2.05) is 6.07 Å². The van der Waals surface area contributed by atoms with Gasteiger partial charge in [-0.25, -0.2) is 0 Å². The SMILES string of the molecule is CC(=O)OC(C#N)CCP(C)(=O)OCCC(C)C. The van der Waals surface area contributed by atoms with Gasteiger partial charge >= 0.3 is 5.97 Å². The molecule has 104 valence electrons. The van der Waals surface area contributed by atoms with E-state index >= 15 is 0 Å². The lowest BCUT2D eigenvalue weighted by Crippen LogP contribution is -2.16. The zero-order valence-corrected chi connectivity index (χ0v) is 12.4. The van der Waals surface area contributed by atoms with Crippen LogP contribution in [0.4, 0.5) is 0 Å². The van der Waals surface area contributed by atoms with E-state index in [0.717, 1.165) is 6.42 Å². The van der Waals surface area contributed by atoms with Gasteiger partial charge < -0.3 is 9.26 Å². The summed E-state index contributed by atoms with van der Waals surface area (Å²) in [5, 5.41) is 8.76. The van der Waals surface area contributed by atoms with Crippen LogP contribution in [-0.4, -0.2) is 31.5 Å². The summed E-state index contributed by atoms with van der Waals surface area (Å²) in [4.78, 5) is 10.7. The molecule has 0 aliphatic heterocycles. The second-order valence-corrected chi connectivity index (χ2v) is 7.50. The molecule has 0 saturated carbocycles. The minimum absolute atomic E-state index is 0.242. The van der Waals surface area contributed by atoms with Crippen molar-refractivity contribution in [3.05, 3.63) is 0 Å². The van der Waals surface area contributed by atoms with Crippen molar-refractivity contribution in [3.8, 4) is 6.07 Å². The number of rotatable bonds is 8. The van der Waals surface area contributed by atoms with Gasteiger partial charge in [-0.15, -0.1) is 0 Å². The van der Waals surface area contributed by atoms with Crippen molar-refractivity contribution in [3.63, 3.8) is 0 Å². The highest BCUT2D eigenvalue weighted by Gasteiger charge is 2.20. The average Bonchev–Trinajstić information content (AvgIpc) is 2.22. The zero-order valence-electron chi connectivity index (χ0n) is 11.5. The zero-order chi connectivity index (χ0) is 14.2. The lowest BCUT2D eigenvalue weighted by Gasteiger charge is -2.16. The first-order chi connectivity index (χ1) is 8.26. The molecule has 0 aromatic heterocycles. The molecule has 0 N–H and O–H groups in total. The van der Waals surface area contributed by atoms with Crippen LogP contribution in [-0.2, 0) is 18.6 Å². The number of hydrogen-bond donors (Lipinski definition) is 0. The number of carbonyl (C=O) groups is 1. The molecule has 0 aliphatic rings. The normalized spacial score (nSPS) is 15.8. The van der Waals surface area contributed by atoms with Gasteiger partial charge in [0.25, 0.3) is 0 Å². The maximum atomic E-state index is 12.0. The van der Waals surface area contributed by atoms with Crippen molar-refractivity contribution in [1.82, 2.24) is 0 Å². The van der Waals surface area contributed by atoms with Crippen molar-refractivity contribution in [2.45, 2.75) is 39.7 Å². The molecular weight excluding hydrogens is 253 g/mol. The van der Waals surface area contributed by atoms with Crippen molar-refractivity contribution in [2.75, 3.05) is 19.4 Å². The predicted octanol–water partition coefficient (Wildman–Crippen LogP) is 2.80. The minimum atomic E-state index is -2.70. The van der Waals surface area contributed by atoms with E-state index in [1.165, 1.54) is 6.92 Å². The van der Waals surface area contributed by atoms with Crippen LogP contribution in [0.15, 0.2) is 0 Å². The lowest BCUT2D eigenvalue weighted by molar-refractivity contribution is -0.143. The summed E-state index contributed by atoms with van der Waals surface area (Å²) < 4.78 is 22.1. The smallest absolute Gasteiger partial charge is 0.303 e. The van der Waals surface area contributed by atoms with Crippen LogP contribution in [0, 0.1) is 17.2 Å². The summed E-state index contributed by atoms with van der Waals surface area (Å²) in [6.45, 7) is 7.38. The van der Waals surface area contributed by atoms with Crippen LogP contribution < -0.4 is 0 Å². The first-order valence-electron chi connectivity index (χ1n) is 6.04. The average molecular weight is 275 g/mol. The van der Waals surface area contributed by atoms with Crippen LogP contribution in [0.25, 0.3) is 0 Å². The highest BCUT2D eigenvalue weighted by atomic mass is 31.2. The molecule has 2 atom stereocenters. The highest BCUT2D eigenvalue weighted by molar-refractivity contribution is 7.58. The number of carbonyl (C=O) groups excluding carboxylic acids is 1. The Bertz CT molecular complexity index is 348. The van der Waals surface area contributed by atoms with Gasteiger partial charge in [0.05, 0.1) is 6.61 Å². The fourth-order valence-electron chi connectivity index (χ4n) is 1.25. The molecule has 0 fully saturated rings. The van der Waals surface area contributed by atoms with Crippen LogP contribution in [0.2, 0.25) is 0 Å². The second-order valence-electron chi connectivity index (χ2n) is 4.77. The first-order valence-corrected chi connectivity index (χ1v) is 8.30. The van der Waals surface area contributed by atoms with Crippen molar-refractivity contribution in [1.29, 1.82) is 5.26 Å². The van der Waals surface area contributed by atoms with Gasteiger partial charge in [-0.1, -0.05) is 13.8 Å². The van der Waals surface area contributed by atoms with Crippen LogP contribution in [0.5, 0.6) is 0 Å². The van der Waals surface area contributed by atoms with E-state index in [4.69, 9.17) is 14.5 Å². The molecule has 0 saturated heterocycles. The Labute approximate surface area is 109 Å². The number of nitriles is 1. The molecule has 0 amide bonds. The molecule has 0 bridgehead atoms. The maximum Gasteiger partial charge on any atom is 0.303 e. The van der Waals surface area contributed by atoms with Crippen LogP contribution in [0.3, 0.4) is 0 Å². The molecule has 0 heterocycles. The molecule has 0 rings (SSSR count). The third-order valence-corrected chi connectivity index (χ3v) is 4.11. The summed E-state index contributed by atoms with van der Waals surface area (Å²) in [6.07, 6.45) is 0.496. The molecule has 0 aliphatic carbocycles.